The number of benzene rings is 2. The molecule has 26 heavy (non-hydrogen) atoms. The van der Waals surface area contributed by atoms with E-state index in [0.29, 0.717) is 17.6 Å². The Labute approximate surface area is 152 Å². The first-order valence-electron chi connectivity index (χ1n) is 7.42. The molecule has 0 aromatic heterocycles. The zero-order valence-corrected chi connectivity index (χ0v) is 15.2. The van der Waals surface area contributed by atoms with Gasteiger partial charge in [-0.3, -0.25) is 9.96 Å². The maximum Gasteiger partial charge on any atom is 0.336 e. The summed E-state index contributed by atoms with van der Waals surface area (Å²) in [5.74, 6) is 0.0857. The Balaban J connectivity index is 0.000000597. The molecule has 2 aromatic carbocycles. The van der Waals surface area contributed by atoms with Gasteiger partial charge in [-0.05, 0) is 35.9 Å². The Hall–Kier alpha value is -2.97. The summed E-state index contributed by atoms with van der Waals surface area (Å²) < 4.78 is 31.1. The van der Waals surface area contributed by atoms with E-state index in [0.717, 1.165) is 10.8 Å². The van der Waals surface area contributed by atoms with Crippen molar-refractivity contribution in [3.05, 3.63) is 66.3 Å². The van der Waals surface area contributed by atoms with E-state index in [1.807, 2.05) is 31.2 Å². The van der Waals surface area contributed by atoms with E-state index in [2.05, 4.69) is 0 Å². The van der Waals surface area contributed by atoms with Crippen molar-refractivity contribution in [2.45, 2.75) is 6.92 Å². The fourth-order valence-electron chi connectivity index (χ4n) is 1.85. The zero-order chi connectivity index (χ0) is 19.7. The van der Waals surface area contributed by atoms with Crippen LogP contribution in [0.2, 0.25) is 0 Å². The average Bonchev–Trinajstić information content (AvgIpc) is 2.53. The molecule has 0 saturated heterocycles. The second-order valence-corrected chi connectivity index (χ2v) is 6.64. The molecule has 0 radical (unpaired) electrons. The van der Waals surface area contributed by atoms with Crippen molar-refractivity contribution < 1.29 is 22.5 Å². The van der Waals surface area contributed by atoms with Gasteiger partial charge in [-0.1, -0.05) is 36.4 Å². The lowest BCUT2D eigenvalue weighted by Gasteiger charge is -2.05. The molecule has 0 amide bonds. The molecule has 8 heteroatoms. The number of hydrogen-bond acceptors (Lipinski definition) is 5. The van der Waals surface area contributed by atoms with Gasteiger partial charge in [0.15, 0.2) is 0 Å². The molecule has 0 aliphatic rings. The second kappa shape index (κ2) is 9.50. The third-order valence-electron chi connectivity index (χ3n) is 2.88. The summed E-state index contributed by atoms with van der Waals surface area (Å²) in [6.45, 7) is 1.87. The molecule has 0 spiro atoms. The molecular formula is C18H20N2O5S. The van der Waals surface area contributed by atoms with Crippen LogP contribution in [0.4, 0.5) is 0 Å². The summed E-state index contributed by atoms with van der Waals surface area (Å²) >= 11 is 0. The van der Waals surface area contributed by atoms with Crippen LogP contribution >= 0.6 is 0 Å². The first kappa shape index (κ1) is 21.1. The highest BCUT2D eigenvalue weighted by Gasteiger charge is 2.03. The number of fused-ring (bicyclic) bond motifs is 1. The van der Waals surface area contributed by atoms with Crippen molar-refractivity contribution in [3.8, 4) is 5.75 Å². The number of nitrogens with two attached hydrogens (primary N) is 1. The largest absolute Gasteiger partial charge is 0.423 e. The molecule has 2 aromatic rings. The molecule has 138 valence electrons. The molecule has 0 fully saturated rings. The van der Waals surface area contributed by atoms with Gasteiger partial charge in [0.2, 0.25) is 0 Å². The van der Waals surface area contributed by atoms with Gasteiger partial charge >= 0.3 is 5.97 Å². The fourth-order valence-corrected chi connectivity index (χ4v) is 1.85. The van der Waals surface area contributed by atoms with Gasteiger partial charge in [-0.25, -0.2) is 4.79 Å². The van der Waals surface area contributed by atoms with Crippen LogP contribution in [-0.4, -0.2) is 31.0 Å². The summed E-state index contributed by atoms with van der Waals surface area (Å²) in [7, 11) is -3.67. The van der Waals surface area contributed by atoms with E-state index in [-0.39, 0.29) is 5.84 Å². The van der Waals surface area contributed by atoms with Crippen LogP contribution in [0.1, 0.15) is 12.5 Å². The van der Waals surface area contributed by atoms with Crippen molar-refractivity contribution in [2.75, 3.05) is 6.26 Å². The third kappa shape index (κ3) is 8.22. The summed E-state index contributed by atoms with van der Waals surface area (Å²) in [5, 5.41) is 9.28. The molecule has 7 nitrogen and oxygen atoms in total. The first-order valence-corrected chi connectivity index (χ1v) is 9.27. The van der Waals surface area contributed by atoms with Crippen molar-refractivity contribution in [2.24, 2.45) is 5.73 Å². The number of esters is 1. The Morgan fingerprint density at radius 2 is 1.73 bits per heavy atom. The van der Waals surface area contributed by atoms with E-state index in [4.69, 9.17) is 20.4 Å². The van der Waals surface area contributed by atoms with Gasteiger partial charge in [0.25, 0.3) is 10.1 Å². The van der Waals surface area contributed by atoms with Crippen molar-refractivity contribution in [1.82, 2.24) is 0 Å². The molecular weight excluding hydrogens is 356 g/mol. The van der Waals surface area contributed by atoms with E-state index in [1.165, 1.54) is 6.08 Å². The predicted molar refractivity (Wildman–Crippen MR) is 102 cm³/mol. The van der Waals surface area contributed by atoms with Gasteiger partial charge in [0, 0.05) is 11.6 Å². The standard InChI is InChI=1S/C17H16N2O2.CH4O3S/c1-2-3-4-5-16(20)21-15-9-8-12-10-14(17(18)19)7-6-13(12)11-15;1-5(2,3)4/h2-11H,1H3,(H3,18,19);1H3,(H,2,3,4). The third-order valence-corrected chi connectivity index (χ3v) is 2.88. The normalized spacial score (nSPS) is 11.3. The maximum absolute atomic E-state index is 11.6. The van der Waals surface area contributed by atoms with Gasteiger partial charge in [0.1, 0.15) is 11.6 Å². The topological polar surface area (TPSA) is 131 Å². The molecule has 0 bridgehead atoms. The lowest BCUT2D eigenvalue weighted by Crippen LogP contribution is -2.10. The minimum absolute atomic E-state index is 0.0292. The van der Waals surface area contributed by atoms with Gasteiger partial charge in [0.05, 0.1) is 6.26 Å². The van der Waals surface area contributed by atoms with Crippen LogP contribution in [0.5, 0.6) is 5.75 Å². The van der Waals surface area contributed by atoms with Crippen LogP contribution in [0, 0.1) is 5.41 Å². The van der Waals surface area contributed by atoms with Crippen LogP contribution in [0.25, 0.3) is 10.8 Å². The summed E-state index contributed by atoms with van der Waals surface area (Å²) in [5.41, 5.74) is 6.13. The number of hydrogen-bond donors (Lipinski definition) is 3. The lowest BCUT2D eigenvalue weighted by atomic mass is 10.1. The molecule has 2 rings (SSSR count). The molecule has 0 aliphatic heterocycles. The predicted octanol–water partition coefficient (Wildman–Crippen LogP) is 2.67. The summed E-state index contributed by atoms with van der Waals surface area (Å²) in [6, 6.07) is 10.8. The van der Waals surface area contributed by atoms with Crippen LogP contribution in [0.15, 0.2) is 60.7 Å². The Morgan fingerprint density at radius 1 is 1.15 bits per heavy atom. The number of nitrogens with one attached hydrogen (secondary N) is 1. The minimum Gasteiger partial charge on any atom is -0.423 e. The van der Waals surface area contributed by atoms with Crippen LogP contribution < -0.4 is 10.5 Å². The monoisotopic (exact) mass is 376 g/mol. The quantitative estimate of drug-likeness (QED) is 0.143. The van der Waals surface area contributed by atoms with E-state index in [9.17, 15) is 13.2 Å². The zero-order valence-electron chi connectivity index (χ0n) is 14.3. The molecule has 4 N–H and O–H groups in total. The van der Waals surface area contributed by atoms with E-state index in [1.54, 1.807) is 30.4 Å². The second-order valence-electron chi connectivity index (χ2n) is 5.18. The number of amidine groups is 1. The number of nitrogen functional groups attached to an aromatic ring is 1. The molecule has 0 saturated carbocycles. The SMILES string of the molecule is CC=CC=CC(=O)Oc1ccc2cc(C(=N)N)ccc2c1.CS(=O)(=O)O. The van der Waals surface area contributed by atoms with Gasteiger partial charge < -0.3 is 10.5 Å². The Morgan fingerprint density at radius 3 is 2.31 bits per heavy atom. The molecule has 0 atom stereocenters. The highest BCUT2D eigenvalue weighted by molar-refractivity contribution is 7.85. The lowest BCUT2D eigenvalue weighted by molar-refractivity contribution is -0.128. The van der Waals surface area contributed by atoms with Gasteiger partial charge in [-0.15, -0.1) is 0 Å². The maximum atomic E-state index is 11.6. The Bertz CT molecular complexity index is 955. The number of ether oxygens (including phenoxy) is 1. The van der Waals surface area contributed by atoms with Crippen LogP contribution in [0.3, 0.4) is 0 Å². The fraction of sp³-hybridized carbons (Fsp3) is 0.111. The molecule has 0 unspecified atom stereocenters. The van der Waals surface area contributed by atoms with Crippen LogP contribution in [-0.2, 0) is 14.9 Å². The average molecular weight is 376 g/mol. The molecule has 0 heterocycles. The number of rotatable bonds is 4. The number of carbonyl (C=O) groups is 1. The van der Waals surface area contributed by atoms with E-state index < -0.39 is 16.1 Å². The van der Waals surface area contributed by atoms with Gasteiger partial charge in [-0.2, -0.15) is 8.42 Å². The minimum atomic E-state index is -3.67. The van der Waals surface area contributed by atoms with Crippen molar-refractivity contribution in [3.63, 3.8) is 0 Å². The van der Waals surface area contributed by atoms with Crippen molar-refractivity contribution >= 4 is 32.7 Å². The van der Waals surface area contributed by atoms with Crippen molar-refractivity contribution in [1.29, 1.82) is 5.41 Å². The number of carbonyl (C=O) groups excluding carboxylic acids is 1. The summed E-state index contributed by atoms with van der Waals surface area (Å²) in [4.78, 5) is 11.6. The highest BCUT2D eigenvalue weighted by atomic mass is 32.2. The highest BCUT2D eigenvalue weighted by Crippen LogP contribution is 2.22. The summed E-state index contributed by atoms with van der Waals surface area (Å²) in [6.07, 6.45) is 7.29. The Kier molecular flexibility index (Phi) is 7.70. The number of allylic oxidation sites excluding steroid dienone is 3. The van der Waals surface area contributed by atoms with E-state index >= 15 is 0 Å². The smallest absolute Gasteiger partial charge is 0.336 e. The molecule has 0 aliphatic carbocycles. The first-order chi connectivity index (χ1) is 12.1.